The number of carboxylic acids is 1. The Morgan fingerprint density at radius 3 is 2.50 bits per heavy atom. The molecule has 0 aliphatic rings. The largest absolute Gasteiger partial charge is 0.478 e. The van der Waals surface area contributed by atoms with Crippen LogP contribution >= 0.6 is 0 Å². The van der Waals surface area contributed by atoms with E-state index in [0.717, 1.165) is 12.8 Å². The van der Waals surface area contributed by atoms with Gasteiger partial charge >= 0.3 is 11.9 Å². The Morgan fingerprint density at radius 2 is 1.86 bits per heavy atom. The van der Waals surface area contributed by atoms with Crippen molar-refractivity contribution >= 4 is 11.9 Å². The maximum Gasteiger partial charge on any atom is 0.338 e. The van der Waals surface area contributed by atoms with Crippen LogP contribution in [0.5, 0.6) is 0 Å². The molecule has 1 aromatic rings. The molecule has 1 unspecified atom stereocenters. The van der Waals surface area contributed by atoms with Crippen LogP contribution in [0, 0.1) is 5.92 Å². The highest BCUT2D eigenvalue weighted by Gasteiger charge is 2.13. The van der Waals surface area contributed by atoms with E-state index in [4.69, 9.17) is 9.84 Å². The van der Waals surface area contributed by atoms with Gasteiger partial charge in [0.15, 0.2) is 0 Å². The first-order chi connectivity index (χ1) is 10.6. The number of esters is 1. The number of ether oxygens (including phenoxy) is 1. The minimum atomic E-state index is -1.04. The van der Waals surface area contributed by atoms with E-state index in [-0.39, 0.29) is 5.56 Å². The van der Waals surface area contributed by atoms with Crippen LogP contribution in [0.3, 0.4) is 0 Å². The first-order valence-electron chi connectivity index (χ1n) is 8.08. The average Bonchev–Trinajstić information content (AvgIpc) is 2.54. The lowest BCUT2D eigenvalue weighted by Gasteiger charge is -2.15. The highest BCUT2D eigenvalue weighted by molar-refractivity contribution is 5.94. The van der Waals surface area contributed by atoms with Gasteiger partial charge in [-0.3, -0.25) is 0 Å². The van der Waals surface area contributed by atoms with Gasteiger partial charge in [-0.15, -0.1) is 0 Å². The fourth-order valence-electron chi connectivity index (χ4n) is 2.32. The normalized spacial score (nSPS) is 11.9. The Kier molecular flexibility index (Phi) is 8.26. The van der Waals surface area contributed by atoms with Crippen LogP contribution in [-0.2, 0) is 4.74 Å². The molecular formula is C18H26O4. The van der Waals surface area contributed by atoms with Crippen LogP contribution in [0.1, 0.15) is 73.1 Å². The Labute approximate surface area is 132 Å². The van der Waals surface area contributed by atoms with Gasteiger partial charge in [-0.25, -0.2) is 9.59 Å². The fraction of sp³-hybridized carbons (Fsp3) is 0.556. The second-order valence-corrected chi connectivity index (χ2v) is 5.61. The number of benzene rings is 1. The van der Waals surface area contributed by atoms with E-state index in [1.54, 1.807) is 12.1 Å². The number of rotatable bonds is 10. The van der Waals surface area contributed by atoms with E-state index in [9.17, 15) is 9.59 Å². The SMILES string of the molecule is CCCCCCC(CC)COC(=O)c1cccc(C(=O)O)c1. The van der Waals surface area contributed by atoms with Gasteiger partial charge in [-0.2, -0.15) is 0 Å². The molecule has 0 fully saturated rings. The third-order valence-electron chi connectivity index (χ3n) is 3.84. The van der Waals surface area contributed by atoms with Gasteiger partial charge in [0, 0.05) is 0 Å². The highest BCUT2D eigenvalue weighted by Crippen LogP contribution is 2.16. The number of hydrogen-bond donors (Lipinski definition) is 1. The smallest absolute Gasteiger partial charge is 0.338 e. The van der Waals surface area contributed by atoms with Crippen molar-refractivity contribution < 1.29 is 19.4 Å². The van der Waals surface area contributed by atoms with Crippen LogP contribution in [0.15, 0.2) is 24.3 Å². The molecule has 0 radical (unpaired) electrons. The molecule has 0 aliphatic carbocycles. The number of hydrogen-bond acceptors (Lipinski definition) is 3. The number of carboxylic acid groups (broad SMARTS) is 1. The van der Waals surface area contributed by atoms with E-state index in [1.165, 1.54) is 37.8 Å². The molecule has 0 aromatic heterocycles. The van der Waals surface area contributed by atoms with E-state index < -0.39 is 11.9 Å². The van der Waals surface area contributed by atoms with Crippen molar-refractivity contribution in [1.29, 1.82) is 0 Å². The average molecular weight is 306 g/mol. The summed E-state index contributed by atoms with van der Waals surface area (Å²) in [6, 6.07) is 5.95. The molecule has 4 nitrogen and oxygen atoms in total. The maximum atomic E-state index is 12.0. The van der Waals surface area contributed by atoms with Crippen molar-refractivity contribution in [3.63, 3.8) is 0 Å². The molecule has 22 heavy (non-hydrogen) atoms. The molecule has 0 heterocycles. The molecule has 1 aromatic carbocycles. The Bertz CT molecular complexity index is 482. The molecule has 122 valence electrons. The molecule has 4 heteroatoms. The van der Waals surface area contributed by atoms with Crippen LogP contribution in [0.4, 0.5) is 0 Å². The zero-order valence-corrected chi connectivity index (χ0v) is 13.5. The summed E-state index contributed by atoms with van der Waals surface area (Å²) in [5, 5.41) is 8.94. The molecule has 0 spiro atoms. The summed E-state index contributed by atoms with van der Waals surface area (Å²) in [5.41, 5.74) is 0.391. The minimum Gasteiger partial charge on any atom is -0.478 e. The molecular weight excluding hydrogens is 280 g/mol. The summed E-state index contributed by atoms with van der Waals surface area (Å²) >= 11 is 0. The molecule has 1 N–H and O–H groups in total. The number of unbranched alkanes of at least 4 members (excludes halogenated alkanes) is 3. The van der Waals surface area contributed by atoms with Crippen LogP contribution in [0.2, 0.25) is 0 Å². The summed E-state index contributed by atoms with van der Waals surface area (Å²) in [5.74, 6) is -1.12. The van der Waals surface area contributed by atoms with E-state index in [2.05, 4.69) is 13.8 Å². The second kappa shape index (κ2) is 9.98. The molecule has 0 aliphatic heterocycles. The van der Waals surface area contributed by atoms with Gasteiger partial charge in [0.1, 0.15) is 0 Å². The lowest BCUT2D eigenvalue weighted by Crippen LogP contribution is -2.14. The lowest BCUT2D eigenvalue weighted by atomic mass is 9.99. The standard InChI is InChI=1S/C18H26O4/c1-3-5-6-7-9-14(4-2)13-22-18(21)16-11-8-10-15(12-16)17(19)20/h8,10-12,14H,3-7,9,13H2,1-2H3,(H,19,20). The van der Waals surface area contributed by atoms with Gasteiger partial charge in [-0.05, 0) is 30.5 Å². The first kappa shape index (κ1) is 18.2. The summed E-state index contributed by atoms with van der Waals surface area (Å²) in [6.07, 6.45) is 6.90. The Balaban J connectivity index is 2.46. The van der Waals surface area contributed by atoms with Gasteiger partial charge in [0.25, 0.3) is 0 Å². The number of carbonyl (C=O) groups excluding carboxylic acids is 1. The van der Waals surface area contributed by atoms with Crippen molar-refractivity contribution in [2.45, 2.75) is 52.4 Å². The van der Waals surface area contributed by atoms with E-state index in [1.807, 2.05) is 0 Å². The topological polar surface area (TPSA) is 63.6 Å². The van der Waals surface area contributed by atoms with Crippen molar-refractivity contribution in [2.24, 2.45) is 5.92 Å². The van der Waals surface area contributed by atoms with Crippen molar-refractivity contribution in [3.8, 4) is 0 Å². The predicted octanol–water partition coefficient (Wildman–Crippen LogP) is 4.54. The van der Waals surface area contributed by atoms with Crippen molar-refractivity contribution in [2.75, 3.05) is 6.61 Å². The van der Waals surface area contributed by atoms with Crippen molar-refractivity contribution in [1.82, 2.24) is 0 Å². The van der Waals surface area contributed by atoms with Crippen LogP contribution < -0.4 is 0 Å². The Hall–Kier alpha value is -1.84. The zero-order chi connectivity index (χ0) is 16.4. The summed E-state index contributed by atoms with van der Waals surface area (Å²) in [7, 11) is 0. The molecule has 0 bridgehead atoms. The monoisotopic (exact) mass is 306 g/mol. The van der Waals surface area contributed by atoms with Crippen LogP contribution in [-0.4, -0.2) is 23.7 Å². The quantitative estimate of drug-likeness (QED) is 0.509. The van der Waals surface area contributed by atoms with Crippen LogP contribution in [0.25, 0.3) is 0 Å². The first-order valence-corrected chi connectivity index (χ1v) is 8.08. The lowest BCUT2D eigenvalue weighted by molar-refractivity contribution is 0.0428. The summed E-state index contributed by atoms with van der Waals surface area (Å²) < 4.78 is 5.34. The second-order valence-electron chi connectivity index (χ2n) is 5.61. The van der Waals surface area contributed by atoms with Crippen molar-refractivity contribution in [3.05, 3.63) is 35.4 Å². The minimum absolute atomic E-state index is 0.0982. The fourth-order valence-corrected chi connectivity index (χ4v) is 2.32. The molecule has 0 amide bonds. The van der Waals surface area contributed by atoms with E-state index >= 15 is 0 Å². The zero-order valence-electron chi connectivity index (χ0n) is 13.5. The van der Waals surface area contributed by atoms with Gasteiger partial charge < -0.3 is 9.84 Å². The summed E-state index contributed by atoms with van der Waals surface area (Å²) in [4.78, 5) is 22.9. The maximum absolute atomic E-state index is 12.0. The molecule has 1 atom stereocenters. The third kappa shape index (κ3) is 6.29. The van der Waals surface area contributed by atoms with Gasteiger partial charge in [0.2, 0.25) is 0 Å². The molecule has 1 rings (SSSR count). The Morgan fingerprint density at radius 1 is 1.14 bits per heavy atom. The highest BCUT2D eigenvalue weighted by atomic mass is 16.5. The van der Waals surface area contributed by atoms with Gasteiger partial charge in [-0.1, -0.05) is 52.0 Å². The van der Waals surface area contributed by atoms with E-state index in [0.29, 0.717) is 18.1 Å². The third-order valence-corrected chi connectivity index (χ3v) is 3.84. The molecule has 0 saturated heterocycles. The predicted molar refractivity (Wildman–Crippen MR) is 86.2 cm³/mol. The number of carbonyl (C=O) groups is 2. The molecule has 0 saturated carbocycles. The number of aromatic carboxylic acids is 1. The summed E-state index contributed by atoms with van der Waals surface area (Å²) in [6.45, 7) is 4.69. The van der Waals surface area contributed by atoms with Gasteiger partial charge in [0.05, 0.1) is 17.7 Å².